The highest BCUT2D eigenvalue weighted by Crippen LogP contribution is 1.94. The van der Waals surface area contributed by atoms with Crippen molar-refractivity contribution in [3.8, 4) is 0 Å². The summed E-state index contributed by atoms with van der Waals surface area (Å²) in [6, 6.07) is 0. The van der Waals surface area contributed by atoms with Crippen LogP contribution in [0.4, 0.5) is 0 Å². The second-order valence-electron chi connectivity index (χ2n) is 1.99. The molecule has 0 amide bonds. The number of nitrogens with zero attached hydrogens (tertiary/aromatic N) is 1. The molecule has 2 N–H and O–H groups in total. The fraction of sp³-hybridized carbons (Fsp3) is 0.286. The number of aromatic nitrogens is 2. The molecule has 0 radical (unpaired) electrons. The molecule has 0 saturated carbocycles. The van der Waals surface area contributed by atoms with E-state index in [1.165, 1.54) is 0 Å². The van der Waals surface area contributed by atoms with Crippen molar-refractivity contribution in [3.63, 3.8) is 0 Å². The largest absolute Gasteiger partial charge is 0.316 e. The molecule has 0 aliphatic heterocycles. The second kappa shape index (κ2) is 3.85. The zero-order valence-corrected chi connectivity index (χ0v) is 5.96. The molecule has 3 heteroatoms. The van der Waals surface area contributed by atoms with Gasteiger partial charge in [0.2, 0.25) is 0 Å². The third-order valence-electron chi connectivity index (χ3n) is 1.15. The van der Waals surface area contributed by atoms with Crippen LogP contribution in [0.15, 0.2) is 18.5 Å². The Bertz CT molecular complexity index is 189. The Kier molecular flexibility index (Phi) is 2.70. The average molecular weight is 137 g/mol. The van der Waals surface area contributed by atoms with E-state index >= 15 is 0 Å². The highest BCUT2D eigenvalue weighted by Gasteiger charge is 1.82. The van der Waals surface area contributed by atoms with Gasteiger partial charge in [-0.25, -0.2) is 0 Å². The van der Waals surface area contributed by atoms with Gasteiger partial charge in [-0.15, -0.1) is 0 Å². The van der Waals surface area contributed by atoms with Gasteiger partial charge in [0.15, 0.2) is 0 Å². The minimum atomic E-state index is 0.894. The molecule has 0 spiro atoms. The van der Waals surface area contributed by atoms with E-state index in [2.05, 4.69) is 15.5 Å². The topological polar surface area (TPSA) is 40.7 Å². The molecule has 0 unspecified atom stereocenters. The van der Waals surface area contributed by atoms with Gasteiger partial charge in [-0.2, -0.15) is 5.10 Å². The number of rotatable bonds is 3. The van der Waals surface area contributed by atoms with E-state index in [1.54, 1.807) is 6.20 Å². The van der Waals surface area contributed by atoms with Crippen molar-refractivity contribution < 1.29 is 0 Å². The number of hydrogen-bond acceptors (Lipinski definition) is 2. The molecule has 1 aromatic rings. The lowest BCUT2D eigenvalue weighted by atomic mass is 10.3. The second-order valence-corrected chi connectivity index (χ2v) is 1.99. The van der Waals surface area contributed by atoms with Gasteiger partial charge < -0.3 is 5.32 Å². The Labute approximate surface area is 60.1 Å². The van der Waals surface area contributed by atoms with Crippen LogP contribution in [0.25, 0.3) is 6.08 Å². The van der Waals surface area contributed by atoms with Crippen LogP contribution in [0.1, 0.15) is 5.56 Å². The standard InChI is InChI=1S/C7H11N3/c1-8-4-2-3-7-5-9-10-6-7/h2-3,5-6,8H,4H2,1H3,(H,9,10). The molecular formula is C7H11N3. The van der Waals surface area contributed by atoms with Crippen LogP contribution in [0, 0.1) is 0 Å². The van der Waals surface area contributed by atoms with Crippen LogP contribution < -0.4 is 5.32 Å². The van der Waals surface area contributed by atoms with Crippen LogP contribution in [0.3, 0.4) is 0 Å². The van der Waals surface area contributed by atoms with Crippen molar-refractivity contribution in [3.05, 3.63) is 24.0 Å². The van der Waals surface area contributed by atoms with E-state index in [1.807, 2.05) is 25.4 Å². The molecule has 0 saturated heterocycles. The minimum absolute atomic E-state index is 0.894. The summed E-state index contributed by atoms with van der Waals surface area (Å²) in [6.45, 7) is 0.894. The summed E-state index contributed by atoms with van der Waals surface area (Å²) in [5.74, 6) is 0. The van der Waals surface area contributed by atoms with Crippen LogP contribution in [-0.4, -0.2) is 23.8 Å². The quantitative estimate of drug-likeness (QED) is 0.642. The first-order valence-electron chi connectivity index (χ1n) is 3.23. The monoisotopic (exact) mass is 137 g/mol. The molecule has 0 atom stereocenters. The SMILES string of the molecule is CNCC=Cc1cn[nH]c1. The molecule has 0 aliphatic rings. The highest BCUT2D eigenvalue weighted by molar-refractivity contribution is 5.46. The van der Waals surface area contributed by atoms with E-state index in [0.29, 0.717) is 0 Å². The smallest absolute Gasteiger partial charge is 0.0559 e. The van der Waals surface area contributed by atoms with Gasteiger partial charge >= 0.3 is 0 Å². The summed E-state index contributed by atoms with van der Waals surface area (Å²) in [6.07, 6.45) is 7.70. The zero-order chi connectivity index (χ0) is 7.23. The van der Waals surface area contributed by atoms with Crippen molar-refractivity contribution in [1.82, 2.24) is 15.5 Å². The molecule has 54 valence electrons. The predicted octanol–water partition coefficient (Wildman–Crippen LogP) is 0.642. The number of nitrogens with one attached hydrogen (secondary N) is 2. The van der Waals surface area contributed by atoms with Gasteiger partial charge in [-0.3, -0.25) is 5.10 Å². The Morgan fingerprint density at radius 3 is 3.30 bits per heavy atom. The first-order valence-corrected chi connectivity index (χ1v) is 3.23. The van der Waals surface area contributed by atoms with Gasteiger partial charge in [0.25, 0.3) is 0 Å². The van der Waals surface area contributed by atoms with E-state index in [4.69, 9.17) is 0 Å². The Balaban J connectivity index is 2.40. The third-order valence-corrected chi connectivity index (χ3v) is 1.15. The Hall–Kier alpha value is -1.09. The van der Waals surface area contributed by atoms with Gasteiger partial charge in [0, 0.05) is 18.3 Å². The molecule has 0 bridgehead atoms. The molecule has 1 aromatic heterocycles. The van der Waals surface area contributed by atoms with E-state index in [-0.39, 0.29) is 0 Å². The summed E-state index contributed by atoms with van der Waals surface area (Å²) in [4.78, 5) is 0. The molecule has 1 rings (SSSR count). The molecule has 1 heterocycles. The predicted molar refractivity (Wildman–Crippen MR) is 41.5 cm³/mol. The fourth-order valence-corrected chi connectivity index (χ4v) is 0.665. The Morgan fingerprint density at radius 1 is 1.80 bits per heavy atom. The maximum atomic E-state index is 3.80. The van der Waals surface area contributed by atoms with Crippen LogP contribution in [0.2, 0.25) is 0 Å². The molecular weight excluding hydrogens is 126 g/mol. The molecule has 0 aliphatic carbocycles. The first-order chi connectivity index (χ1) is 4.93. The van der Waals surface area contributed by atoms with E-state index < -0.39 is 0 Å². The maximum Gasteiger partial charge on any atom is 0.0559 e. The van der Waals surface area contributed by atoms with Crippen molar-refractivity contribution in [2.75, 3.05) is 13.6 Å². The van der Waals surface area contributed by atoms with Gasteiger partial charge in [0.05, 0.1) is 6.20 Å². The summed E-state index contributed by atoms with van der Waals surface area (Å²) >= 11 is 0. The van der Waals surface area contributed by atoms with Crippen LogP contribution in [-0.2, 0) is 0 Å². The average Bonchev–Trinajstić information content (AvgIpc) is 2.41. The third kappa shape index (κ3) is 2.03. The van der Waals surface area contributed by atoms with Gasteiger partial charge in [0.1, 0.15) is 0 Å². The maximum absolute atomic E-state index is 3.80. The van der Waals surface area contributed by atoms with Crippen molar-refractivity contribution in [2.45, 2.75) is 0 Å². The minimum Gasteiger partial charge on any atom is -0.316 e. The zero-order valence-electron chi connectivity index (χ0n) is 5.96. The van der Waals surface area contributed by atoms with Gasteiger partial charge in [-0.1, -0.05) is 12.2 Å². The lowest BCUT2D eigenvalue weighted by Crippen LogP contribution is -2.03. The molecule has 0 aromatic carbocycles. The van der Waals surface area contributed by atoms with Crippen molar-refractivity contribution in [2.24, 2.45) is 0 Å². The number of H-pyrrole nitrogens is 1. The summed E-state index contributed by atoms with van der Waals surface area (Å²) < 4.78 is 0. The molecule has 3 nitrogen and oxygen atoms in total. The lowest BCUT2D eigenvalue weighted by Gasteiger charge is -1.85. The van der Waals surface area contributed by atoms with Crippen LogP contribution >= 0.6 is 0 Å². The number of hydrogen-bond donors (Lipinski definition) is 2. The van der Waals surface area contributed by atoms with E-state index in [0.717, 1.165) is 12.1 Å². The summed E-state index contributed by atoms with van der Waals surface area (Å²) in [7, 11) is 1.92. The molecule has 0 fully saturated rings. The number of aromatic amines is 1. The normalized spacial score (nSPS) is 10.9. The highest BCUT2D eigenvalue weighted by atomic mass is 15.1. The lowest BCUT2D eigenvalue weighted by molar-refractivity contribution is 0.922. The van der Waals surface area contributed by atoms with Crippen LogP contribution in [0.5, 0.6) is 0 Å². The fourth-order valence-electron chi connectivity index (χ4n) is 0.665. The van der Waals surface area contributed by atoms with Gasteiger partial charge in [-0.05, 0) is 7.05 Å². The first kappa shape index (κ1) is 7.02. The molecule has 10 heavy (non-hydrogen) atoms. The summed E-state index contributed by atoms with van der Waals surface area (Å²) in [5, 5.41) is 9.55. The van der Waals surface area contributed by atoms with E-state index in [9.17, 15) is 0 Å². The number of likely N-dealkylation sites (N-methyl/N-ethyl adjacent to an activating group) is 1. The van der Waals surface area contributed by atoms with Crippen molar-refractivity contribution >= 4 is 6.08 Å². The Morgan fingerprint density at radius 2 is 2.70 bits per heavy atom. The summed E-state index contributed by atoms with van der Waals surface area (Å²) in [5.41, 5.74) is 1.11. The van der Waals surface area contributed by atoms with Crippen molar-refractivity contribution in [1.29, 1.82) is 0 Å².